The highest BCUT2D eigenvalue weighted by atomic mass is 16.3. The second-order valence-electron chi connectivity index (χ2n) is 9.38. The smallest absolute Gasteiger partial charge is 0.284 e. The maximum atomic E-state index is 14.3. The van der Waals surface area contributed by atoms with Gasteiger partial charge in [-0.3, -0.25) is 0 Å². The Kier molecular flexibility index (Phi) is 6.47. The van der Waals surface area contributed by atoms with Gasteiger partial charge in [-0.05, 0) is 87.1 Å². The summed E-state index contributed by atoms with van der Waals surface area (Å²) in [4.78, 5) is 0. The Hall–Kier alpha value is -3.59. The highest BCUT2D eigenvalue weighted by molar-refractivity contribution is 5.84. The maximum Gasteiger partial charge on any atom is 0.284 e. The molecule has 0 unspecified atom stereocenters. The fourth-order valence-corrected chi connectivity index (χ4v) is 5.35. The maximum absolute atomic E-state index is 14.3. The van der Waals surface area contributed by atoms with E-state index >= 15 is 0 Å². The van der Waals surface area contributed by atoms with Gasteiger partial charge in [-0.2, -0.15) is 9.13 Å². The Morgan fingerprint density at radius 1 is 0.794 bits per heavy atom. The van der Waals surface area contributed by atoms with Crippen LogP contribution in [0.5, 0.6) is 0 Å². The molecule has 0 fully saturated rings. The molecule has 0 saturated carbocycles. The van der Waals surface area contributed by atoms with Crippen LogP contribution in [0.25, 0.3) is 22.7 Å². The average molecular weight is 451 g/mol. The largest absolute Gasteiger partial charge is 0.867 e. The van der Waals surface area contributed by atoms with E-state index in [0.29, 0.717) is 12.2 Å². The molecule has 0 spiro atoms. The minimum atomic E-state index is 0.0532. The Morgan fingerprint density at radius 2 is 1.32 bits per heavy atom. The molecule has 0 aliphatic rings. The van der Waals surface area contributed by atoms with Crippen molar-refractivity contribution in [2.75, 3.05) is 0 Å². The number of allylic oxidation sites excluding steroid dienone is 1. The van der Waals surface area contributed by atoms with Crippen molar-refractivity contribution in [3.05, 3.63) is 112 Å². The third-order valence-electron chi connectivity index (χ3n) is 6.53. The zero-order valence-electron chi connectivity index (χ0n) is 21.4. The normalized spacial score (nSPS) is 12.1. The molecule has 0 atom stereocenters. The molecule has 0 aliphatic carbocycles. The quantitative estimate of drug-likeness (QED) is 0.261. The molecule has 0 N–H and O–H groups in total. The van der Waals surface area contributed by atoms with Gasteiger partial charge in [0.05, 0.1) is 0 Å². The first-order valence-electron chi connectivity index (χ1n) is 12.0. The first-order valence-corrected chi connectivity index (χ1v) is 12.0. The van der Waals surface area contributed by atoms with Gasteiger partial charge in [0.25, 0.3) is 5.82 Å². The predicted octanol–water partition coefficient (Wildman–Crippen LogP) is 6.24. The van der Waals surface area contributed by atoms with Crippen LogP contribution < -0.4 is 9.67 Å². The Balaban J connectivity index is 2.10. The molecule has 1 heterocycles. The van der Waals surface area contributed by atoms with Crippen molar-refractivity contribution in [2.45, 2.75) is 54.9 Å². The van der Waals surface area contributed by atoms with Crippen LogP contribution in [0, 0.1) is 41.5 Å². The van der Waals surface area contributed by atoms with Gasteiger partial charge in [0, 0.05) is 0 Å². The summed E-state index contributed by atoms with van der Waals surface area (Å²) in [6, 6.07) is 18.8. The van der Waals surface area contributed by atoms with Crippen molar-refractivity contribution in [1.82, 2.24) is 4.57 Å². The molecule has 174 valence electrons. The fourth-order valence-electron chi connectivity index (χ4n) is 5.35. The second-order valence-corrected chi connectivity index (χ2v) is 9.38. The minimum absolute atomic E-state index is 0.0532. The van der Waals surface area contributed by atoms with Crippen LogP contribution in [-0.2, 0) is 0 Å². The zero-order chi connectivity index (χ0) is 24.6. The molecule has 4 aromatic rings. The molecule has 0 aliphatic heterocycles. The molecule has 0 radical (unpaired) electrons. The van der Waals surface area contributed by atoms with Gasteiger partial charge in [0.2, 0.25) is 0 Å². The Labute approximate surface area is 203 Å². The average Bonchev–Trinajstić information content (AvgIpc) is 3.17. The third-order valence-corrected chi connectivity index (χ3v) is 6.53. The van der Waals surface area contributed by atoms with Gasteiger partial charge in [-0.15, -0.1) is 0 Å². The number of rotatable bonds is 5. The van der Waals surface area contributed by atoms with E-state index in [2.05, 4.69) is 81.9 Å². The monoisotopic (exact) mass is 450 g/mol. The van der Waals surface area contributed by atoms with Crippen LogP contribution in [-0.4, -0.2) is 4.57 Å². The Morgan fingerprint density at radius 3 is 1.85 bits per heavy atom. The first-order chi connectivity index (χ1) is 16.2. The van der Waals surface area contributed by atoms with E-state index in [1.165, 1.54) is 11.1 Å². The van der Waals surface area contributed by atoms with Crippen molar-refractivity contribution in [2.24, 2.45) is 0 Å². The molecule has 34 heavy (non-hydrogen) atoms. The number of aryl methyl sites for hydroxylation is 6. The van der Waals surface area contributed by atoms with E-state index in [1.54, 1.807) is 0 Å². The molecule has 1 aromatic heterocycles. The van der Waals surface area contributed by atoms with E-state index in [1.807, 2.05) is 42.7 Å². The van der Waals surface area contributed by atoms with Crippen LogP contribution in [0.15, 0.2) is 67.0 Å². The van der Waals surface area contributed by atoms with Gasteiger partial charge < -0.3 is 5.11 Å². The summed E-state index contributed by atoms with van der Waals surface area (Å²) in [6.45, 7) is 14.8. The minimum Gasteiger partial charge on any atom is -0.867 e. The molecule has 4 rings (SSSR count). The summed E-state index contributed by atoms with van der Waals surface area (Å²) >= 11 is 0. The van der Waals surface area contributed by atoms with Crippen LogP contribution in [0.4, 0.5) is 0 Å². The van der Waals surface area contributed by atoms with E-state index in [9.17, 15) is 5.11 Å². The standard InChI is InChI=1S/C31H34N2O/c1-8-27(26-12-10-9-11-13-26)30(34)31-32(28-22(4)16-20(2)17-23(28)5)14-15-33(31)29-24(6)18-21(3)19-25(29)7/h9-19H,8H2,1-7H3/b30-27-. The predicted molar refractivity (Wildman–Crippen MR) is 139 cm³/mol. The molecule has 0 saturated heterocycles. The lowest BCUT2D eigenvalue weighted by atomic mass is 10.0. The van der Waals surface area contributed by atoms with Crippen LogP contribution >= 0.6 is 0 Å². The van der Waals surface area contributed by atoms with Crippen LogP contribution in [0.3, 0.4) is 0 Å². The molecule has 0 amide bonds. The van der Waals surface area contributed by atoms with E-state index in [-0.39, 0.29) is 5.76 Å². The lowest BCUT2D eigenvalue weighted by Gasteiger charge is -2.20. The fraction of sp³-hybridized carbons (Fsp3) is 0.258. The van der Waals surface area contributed by atoms with Crippen LogP contribution in [0.1, 0.15) is 58.1 Å². The van der Waals surface area contributed by atoms with E-state index < -0.39 is 0 Å². The number of hydrogen-bond donors (Lipinski definition) is 0. The summed E-state index contributed by atoms with van der Waals surface area (Å²) in [5.41, 5.74) is 11.0. The van der Waals surface area contributed by atoms with Gasteiger partial charge in [-0.1, -0.05) is 72.6 Å². The number of benzene rings is 3. The SMILES string of the molecule is CC/C(=C(/[O-])c1n(-c2c(C)cc(C)cc2C)cc[n+]1-c1c(C)cc(C)cc1C)c1ccccc1. The van der Waals surface area contributed by atoms with Gasteiger partial charge in [0.1, 0.15) is 23.8 Å². The van der Waals surface area contributed by atoms with Gasteiger partial charge >= 0.3 is 0 Å². The second kappa shape index (κ2) is 9.34. The summed E-state index contributed by atoms with van der Waals surface area (Å²) < 4.78 is 4.17. The first kappa shape index (κ1) is 23.6. The van der Waals surface area contributed by atoms with E-state index in [4.69, 9.17) is 0 Å². The summed E-state index contributed by atoms with van der Waals surface area (Å²) in [5, 5.41) is 14.3. The number of aromatic nitrogens is 2. The molecule has 3 aromatic carbocycles. The lowest BCUT2D eigenvalue weighted by Crippen LogP contribution is -2.38. The highest BCUT2D eigenvalue weighted by Gasteiger charge is 2.26. The summed E-state index contributed by atoms with van der Waals surface area (Å²) in [5.74, 6) is 0.711. The molecular weight excluding hydrogens is 416 g/mol. The van der Waals surface area contributed by atoms with Crippen molar-refractivity contribution >= 4 is 11.3 Å². The molecule has 3 heteroatoms. The van der Waals surface area contributed by atoms with Crippen molar-refractivity contribution in [3.63, 3.8) is 0 Å². The van der Waals surface area contributed by atoms with Crippen molar-refractivity contribution < 1.29 is 9.67 Å². The van der Waals surface area contributed by atoms with E-state index in [0.717, 1.165) is 44.8 Å². The lowest BCUT2D eigenvalue weighted by molar-refractivity contribution is -0.602. The van der Waals surface area contributed by atoms with Crippen molar-refractivity contribution in [3.8, 4) is 11.4 Å². The third kappa shape index (κ3) is 4.19. The van der Waals surface area contributed by atoms with Gasteiger partial charge in [0.15, 0.2) is 0 Å². The summed E-state index contributed by atoms with van der Waals surface area (Å²) in [7, 11) is 0. The molecular formula is C31H34N2O. The molecule has 3 nitrogen and oxygen atoms in total. The van der Waals surface area contributed by atoms with Crippen molar-refractivity contribution in [1.29, 1.82) is 0 Å². The zero-order valence-corrected chi connectivity index (χ0v) is 21.4. The van der Waals surface area contributed by atoms with Crippen LogP contribution in [0.2, 0.25) is 0 Å². The molecule has 0 bridgehead atoms. The number of imidazole rings is 1. The Bertz CT molecular complexity index is 1270. The topological polar surface area (TPSA) is 31.9 Å². The number of hydrogen-bond acceptors (Lipinski definition) is 1. The highest BCUT2D eigenvalue weighted by Crippen LogP contribution is 2.29. The summed E-state index contributed by atoms with van der Waals surface area (Å²) in [6.07, 6.45) is 4.73. The van der Waals surface area contributed by atoms with Gasteiger partial charge in [-0.25, -0.2) is 0 Å². The number of nitrogens with zero attached hydrogens (tertiary/aromatic N) is 2.